The fourth-order valence-electron chi connectivity index (χ4n) is 1.97. The van der Waals surface area contributed by atoms with E-state index in [9.17, 15) is 9.18 Å². The Labute approximate surface area is 124 Å². The van der Waals surface area contributed by atoms with E-state index in [0.29, 0.717) is 18.7 Å². The first-order valence-electron chi connectivity index (χ1n) is 6.49. The first-order valence-corrected chi connectivity index (χ1v) is 6.90. The van der Waals surface area contributed by atoms with Crippen LogP contribution in [0.4, 0.5) is 4.39 Å². The molecular weight excluding hydrogens is 277 g/mol. The SMILES string of the molecule is CCCN(CC(=O)NC)Cc1ccc(F)cc1C(N)=S. The van der Waals surface area contributed by atoms with Crippen LogP contribution in [0.25, 0.3) is 0 Å². The predicted octanol–water partition coefficient (Wildman–Crippen LogP) is 1.42. The lowest BCUT2D eigenvalue weighted by Gasteiger charge is -2.22. The van der Waals surface area contributed by atoms with Gasteiger partial charge in [-0.3, -0.25) is 9.69 Å². The van der Waals surface area contributed by atoms with Crippen LogP contribution in [0.5, 0.6) is 0 Å². The fraction of sp³-hybridized carbons (Fsp3) is 0.429. The van der Waals surface area contributed by atoms with E-state index < -0.39 is 0 Å². The fourth-order valence-corrected chi connectivity index (χ4v) is 2.16. The first-order chi connectivity index (χ1) is 9.47. The van der Waals surface area contributed by atoms with Crippen LogP contribution in [0, 0.1) is 5.82 Å². The van der Waals surface area contributed by atoms with Gasteiger partial charge in [0.05, 0.1) is 6.54 Å². The third kappa shape index (κ3) is 4.86. The molecule has 0 saturated carbocycles. The minimum atomic E-state index is -0.370. The summed E-state index contributed by atoms with van der Waals surface area (Å²) in [6.07, 6.45) is 0.917. The molecule has 20 heavy (non-hydrogen) atoms. The van der Waals surface area contributed by atoms with Crippen LogP contribution >= 0.6 is 12.2 Å². The van der Waals surface area contributed by atoms with Crippen LogP contribution in [0.1, 0.15) is 24.5 Å². The Morgan fingerprint density at radius 1 is 1.50 bits per heavy atom. The van der Waals surface area contributed by atoms with Gasteiger partial charge in [-0.2, -0.15) is 0 Å². The van der Waals surface area contributed by atoms with Gasteiger partial charge in [-0.1, -0.05) is 25.2 Å². The Kier molecular flexibility index (Phi) is 6.54. The van der Waals surface area contributed by atoms with E-state index in [-0.39, 0.29) is 16.7 Å². The second-order valence-corrected chi connectivity index (χ2v) is 4.99. The summed E-state index contributed by atoms with van der Waals surface area (Å²) in [5.74, 6) is -0.428. The molecule has 1 aromatic carbocycles. The summed E-state index contributed by atoms with van der Waals surface area (Å²) in [5, 5.41) is 2.60. The van der Waals surface area contributed by atoms with Crippen LogP contribution in [-0.2, 0) is 11.3 Å². The van der Waals surface area contributed by atoms with Crippen LogP contribution in [-0.4, -0.2) is 35.9 Å². The number of likely N-dealkylation sites (N-methyl/N-ethyl adjacent to an activating group) is 1. The number of thiocarbonyl (C=S) groups is 1. The number of carbonyl (C=O) groups is 1. The molecular formula is C14H20FN3OS. The number of nitrogens with one attached hydrogen (secondary N) is 1. The third-order valence-electron chi connectivity index (χ3n) is 2.92. The molecule has 6 heteroatoms. The topological polar surface area (TPSA) is 58.4 Å². The normalized spacial score (nSPS) is 10.6. The highest BCUT2D eigenvalue weighted by Gasteiger charge is 2.13. The number of rotatable bonds is 7. The van der Waals surface area contributed by atoms with Gasteiger partial charge in [-0.05, 0) is 30.7 Å². The second-order valence-electron chi connectivity index (χ2n) is 4.55. The van der Waals surface area contributed by atoms with Gasteiger partial charge in [0, 0.05) is 19.2 Å². The van der Waals surface area contributed by atoms with Crippen molar-refractivity contribution in [3.8, 4) is 0 Å². The maximum atomic E-state index is 13.3. The Balaban J connectivity index is 2.92. The van der Waals surface area contributed by atoms with E-state index in [1.807, 2.05) is 11.8 Å². The summed E-state index contributed by atoms with van der Waals surface area (Å²) >= 11 is 4.95. The van der Waals surface area contributed by atoms with Crippen molar-refractivity contribution >= 4 is 23.1 Å². The monoisotopic (exact) mass is 297 g/mol. The molecule has 0 unspecified atom stereocenters. The van der Waals surface area contributed by atoms with Gasteiger partial charge >= 0.3 is 0 Å². The summed E-state index contributed by atoms with van der Waals surface area (Å²) in [4.78, 5) is 13.6. The van der Waals surface area contributed by atoms with Crippen molar-refractivity contribution in [3.05, 3.63) is 35.1 Å². The van der Waals surface area contributed by atoms with E-state index in [1.54, 1.807) is 13.1 Å². The highest BCUT2D eigenvalue weighted by molar-refractivity contribution is 7.80. The van der Waals surface area contributed by atoms with Crippen molar-refractivity contribution in [3.63, 3.8) is 0 Å². The number of halogens is 1. The molecule has 1 amide bonds. The number of nitrogens with two attached hydrogens (primary N) is 1. The molecule has 110 valence electrons. The van der Waals surface area contributed by atoms with Crippen molar-refractivity contribution in [2.45, 2.75) is 19.9 Å². The maximum absolute atomic E-state index is 13.3. The largest absolute Gasteiger partial charge is 0.389 e. The zero-order valence-electron chi connectivity index (χ0n) is 11.8. The molecule has 0 heterocycles. The van der Waals surface area contributed by atoms with Crippen LogP contribution in [0.2, 0.25) is 0 Å². The molecule has 4 nitrogen and oxygen atoms in total. The van der Waals surface area contributed by atoms with Crippen molar-refractivity contribution in [1.29, 1.82) is 0 Å². The molecule has 0 fully saturated rings. The lowest BCUT2D eigenvalue weighted by molar-refractivity contribution is -0.121. The standard InChI is InChI=1S/C14H20FN3OS/c1-3-6-18(9-13(19)17-2)8-10-4-5-11(15)7-12(10)14(16)20/h4-5,7H,3,6,8-9H2,1-2H3,(H2,16,20)(H,17,19). The molecule has 0 aliphatic heterocycles. The van der Waals surface area contributed by atoms with Gasteiger partial charge in [-0.15, -0.1) is 0 Å². The maximum Gasteiger partial charge on any atom is 0.233 e. The molecule has 0 atom stereocenters. The van der Waals surface area contributed by atoms with Crippen LogP contribution < -0.4 is 11.1 Å². The Morgan fingerprint density at radius 2 is 2.20 bits per heavy atom. The molecule has 0 saturated heterocycles. The molecule has 0 aliphatic carbocycles. The van der Waals surface area contributed by atoms with E-state index in [1.165, 1.54) is 12.1 Å². The molecule has 1 rings (SSSR count). The quantitative estimate of drug-likeness (QED) is 0.747. The minimum Gasteiger partial charge on any atom is -0.389 e. The number of amides is 1. The van der Waals surface area contributed by atoms with E-state index in [4.69, 9.17) is 18.0 Å². The molecule has 0 bridgehead atoms. The molecule has 3 N–H and O–H groups in total. The number of nitrogens with zero attached hydrogens (tertiary/aromatic N) is 1. The second kappa shape index (κ2) is 7.91. The predicted molar refractivity (Wildman–Crippen MR) is 81.9 cm³/mol. The van der Waals surface area contributed by atoms with Crippen molar-refractivity contribution < 1.29 is 9.18 Å². The Morgan fingerprint density at radius 3 is 2.75 bits per heavy atom. The number of carbonyl (C=O) groups excluding carboxylic acids is 1. The summed E-state index contributed by atoms with van der Waals surface area (Å²) in [7, 11) is 1.60. The highest BCUT2D eigenvalue weighted by Crippen LogP contribution is 2.14. The summed E-state index contributed by atoms with van der Waals surface area (Å²) in [6.45, 7) is 3.60. The van der Waals surface area contributed by atoms with Gasteiger partial charge in [0.25, 0.3) is 0 Å². The summed E-state index contributed by atoms with van der Waals surface area (Å²) in [6, 6.07) is 4.37. The molecule has 1 aromatic rings. The molecule has 0 aliphatic rings. The Hall–Kier alpha value is -1.53. The van der Waals surface area contributed by atoms with Crippen molar-refractivity contribution in [1.82, 2.24) is 10.2 Å². The van der Waals surface area contributed by atoms with Crippen LogP contribution in [0.3, 0.4) is 0 Å². The van der Waals surface area contributed by atoms with Crippen molar-refractivity contribution in [2.75, 3.05) is 20.1 Å². The highest BCUT2D eigenvalue weighted by atomic mass is 32.1. The van der Waals surface area contributed by atoms with Gasteiger partial charge in [0.15, 0.2) is 0 Å². The minimum absolute atomic E-state index is 0.0579. The average molecular weight is 297 g/mol. The van der Waals surface area contributed by atoms with Gasteiger partial charge in [-0.25, -0.2) is 4.39 Å². The van der Waals surface area contributed by atoms with E-state index in [2.05, 4.69) is 5.32 Å². The molecule has 0 spiro atoms. The lowest BCUT2D eigenvalue weighted by atomic mass is 10.1. The smallest absolute Gasteiger partial charge is 0.233 e. The van der Waals surface area contributed by atoms with Gasteiger partial charge in [0.1, 0.15) is 10.8 Å². The van der Waals surface area contributed by atoms with E-state index in [0.717, 1.165) is 18.5 Å². The molecule has 0 radical (unpaired) electrons. The average Bonchev–Trinajstić information content (AvgIpc) is 2.40. The zero-order chi connectivity index (χ0) is 15.1. The van der Waals surface area contributed by atoms with Gasteiger partial charge < -0.3 is 11.1 Å². The third-order valence-corrected chi connectivity index (χ3v) is 3.14. The van der Waals surface area contributed by atoms with Crippen molar-refractivity contribution in [2.24, 2.45) is 5.73 Å². The Bertz CT molecular complexity index is 493. The van der Waals surface area contributed by atoms with Crippen LogP contribution in [0.15, 0.2) is 18.2 Å². The summed E-state index contributed by atoms with van der Waals surface area (Å²) < 4.78 is 13.3. The molecule has 0 aromatic heterocycles. The summed E-state index contributed by atoms with van der Waals surface area (Å²) in [5.41, 5.74) is 6.98. The lowest BCUT2D eigenvalue weighted by Crippen LogP contribution is -2.36. The van der Waals surface area contributed by atoms with E-state index >= 15 is 0 Å². The zero-order valence-corrected chi connectivity index (χ0v) is 12.6. The number of hydrogen-bond donors (Lipinski definition) is 2. The first kappa shape index (κ1) is 16.5. The number of hydrogen-bond acceptors (Lipinski definition) is 3. The van der Waals surface area contributed by atoms with Gasteiger partial charge in [0.2, 0.25) is 5.91 Å². The number of benzene rings is 1.